The van der Waals surface area contributed by atoms with Gasteiger partial charge in [-0.3, -0.25) is 4.98 Å². The lowest BCUT2D eigenvalue weighted by Gasteiger charge is -2.09. The zero-order valence-electron chi connectivity index (χ0n) is 11.1. The Labute approximate surface area is 112 Å². The third-order valence-electron chi connectivity index (χ3n) is 3.21. The molecule has 0 unspecified atom stereocenters. The first-order valence-corrected chi connectivity index (χ1v) is 6.29. The maximum absolute atomic E-state index is 5.29. The van der Waals surface area contributed by atoms with Gasteiger partial charge >= 0.3 is 0 Å². The van der Waals surface area contributed by atoms with Crippen molar-refractivity contribution in [2.24, 2.45) is 0 Å². The molecule has 0 radical (unpaired) electrons. The molecule has 0 N–H and O–H groups in total. The van der Waals surface area contributed by atoms with Gasteiger partial charge < -0.3 is 4.74 Å². The fraction of sp³-hybridized carbons (Fsp3) is 0.118. The van der Waals surface area contributed by atoms with Crippen molar-refractivity contribution in [1.29, 1.82) is 0 Å². The number of nitrogens with zero attached hydrogens (tertiary/aromatic N) is 1. The molecule has 0 saturated carbocycles. The van der Waals surface area contributed by atoms with Gasteiger partial charge in [0, 0.05) is 16.6 Å². The Hall–Kier alpha value is -2.35. The number of benzene rings is 2. The first kappa shape index (κ1) is 11.7. The summed E-state index contributed by atoms with van der Waals surface area (Å²) >= 11 is 0. The molecule has 0 atom stereocenters. The third-order valence-corrected chi connectivity index (χ3v) is 3.21. The highest BCUT2D eigenvalue weighted by Crippen LogP contribution is 2.29. The fourth-order valence-electron chi connectivity index (χ4n) is 2.31. The van der Waals surface area contributed by atoms with Crippen molar-refractivity contribution in [3.8, 4) is 17.0 Å². The van der Waals surface area contributed by atoms with Gasteiger partial charge in [0.15, 0.2) is 0 Å². The van der Waals surface area contributed by atoms with Crippen LogP contribution in [-0.2, 0) is 0 Å². The number of aryl methyl sites for hydroxylation is 1. The molecule has 0 saturated heterocycles. The topological polar surface area (TPSA) is 22.1 Å². The molecule has 0 spiro atoms. The number of hydrogen-bond donors (Lipinski definition) is 0. The molecule has 1 aromatic heterocycles. The van der Waals surface area contributed by atoms with E-state index in [4.69, 9.17) is 4.74 Å². The Morgan fingerprint density at radius 1 is 0.947 bits per heavy atom. The van der Waals surface area contributed by atoms with Gasteiger partial charge in [-0.25, -0.2) is 0 Å². The van der Waals surface area contributed by atoms with Crippen LogP contribution in [0.2, 0.25) is 0 Å². The van der Waals surface area contributed by atoms with E-state index in [1.807, 2.05) is 31.2 Å². The van der Waals surface area contributed by atoms with Crippen molar-refractivity contribution in [3.05, 3.63) is 60.3 Å². The second-order valence-corrected chi connectivity index (χ2v) is 4.57. The Balaban J connectivity index is 2.30. The molecule has 0 amide bonds. The summed E-state index contributed by atoms with van der Waals surface area (Å²) < 4.78 is 5.29. The minimum Gasteiger partial charge on any atom is -0.497 e. The van der Waals surface area contributed by atoms with Gasteiger partial charge in [0.05, 0.1) is 12.8 Å². The average molecular weight is 249 g/mol. The molecule has 2 nitrogen and oxygen atoms in total. The van der Waals surface area contributed by atoms with E-state index in [1.165, 1.54) is 0 Å². The Bertz CT molecular complexity index is 720. The van der Waals surface area contributed by atoms with Gasteiger partial charge in [-0.05, 0) is 36.6 Å². The van der Waals surface area contributed by atoms with Crippen LogP contribution in [0.25, 0.3) is 22.0 Å². The Kier molecular flexibility index (Phi) is 2.92. The summed E-state index contributed by atoms with van der Waals surface area (Å²) in [5.41, 5.74) is 3.18. The number of ether oxygens (including phenoxy) is 1. The van der Waals surface area contributed by atoms with E-state index in [0.717, 1.165) is 33.5 Å². The van der Waals surface area contributed by atoms with Gasteiger partial charge in [-0.15, -0.1) is 0 Å². The van der Waals surface area contributed by atoms with Gasteiger partial charge in [0.25, 0.3) is 0 Å². The van der Waals surface area contributed by atoms with Crippen LogP contribution in [0.15, 0.2) is 54.6 Å². The van der Waals surface area contributed by atoms with E-state index in [2.05, 4.69) is 35.3 Å². The highest BCUT2D eigenvalue weighted by Gasteiger charge is 2.07. The minimum atomic E-state index is 0.872. The van der Waals surface area contributed by atoms with Crippen LogP contribution < -0.4 is 4.74 Å². The van der Waals surface area contributed by atoms with Gasteiger partial charge in [0.1, 0.15) is 5.75 Å². The third kappa shape index (κ3) is 2.17. The van der Waals surface area contributed by atoms with Gasteiger partial charge in [-0.1, -0.05) is 30.3 Å². The van der Waals surface area contributed by atoms with Crippen molar-refractivity contribution in [1.82, 2.24) is 4.98 Å². The molecule has 0 aliphatic rings. The number of rotatable bonds is 2. The predicted octanol–water partition coefficient (Wildman–Crippen LogP) is 4.22. The van der Waals surface area contributed by atoms with Crippen LogP contribution >= 0.6 is 0 Å². The predicted molar refractivity (Wildman–Crippen MR) is 78.5 cm³/mol. The summed E-state index contributed by atoms with van der Waals surface area (Å²) in [4.78, 5) is 4.69. The van der Waals surface area contributed by atoms with Crippen molar-refractivity contribution in [3.63, 3.8) is 0 Å². The summed E-state index contributed by atoms with van der Waals surface area (Å²) in [5.74, 6) is 0.872. The van der Waals surface area contributed by atoms with E-state index in [1.54, 1.807) is 7.11 Å². The van der Waals surface area contributed by atoms with E-state index in [9.17, 15) is 0 Å². The standard InChI is InChI=1S/C17H15NO/c1-12-10-14-11-15(19-2)8-9-16(14)17(18-12)13-6-4-3-5-7-13/h3-11H,1-2H3. The van der Waals surface area contributed by atoms with Crippen LogP contribution in [0, 0.1) is 6.92 Å². The number of hydrogen-bond acceptors (Lipinski definition) is 2. The summed E-state index contributed by atoms with van der Waals surface area (Å²) in [6.45, 7) is 2.02. The molecule has 0 fully saturated rings. The van der Waals surface area contributed by atoms with E-state index in [-0.39, 0.29) is 0 Å². The summed E-state index contributed by atoms with van der Waals surface area (Å²) in [6.07, 6.45) is 0. The fourth-order valence-corrected chi connectivity index (χ4v) is 2.31. The maximum atomic E-state index is 5.29. The number of methoxy groups -OCH3 is 1. The highest BCUT2D eigenvalue weighted by molar-refractivity contribution is 5.95. The SMILES string of the molecule is COc1ccc2c(-c3ccccc3)nc(C)cc2c1. The molecule has 2 heteroatoms. The normalized spacial score (nSPS) is 10.6. The lowest BCUT2D eigenvalue weighted by atomic mass is 10.0. The van der Waals surface area contributed by atoms with Crippen LogP contribution in [0.1, 0.15) is 5.69 Å². The Morgan fingerprint density at radius 2 is 1.74 bits per heavy atom. The summed E-state index contributed by atoms with van der Waals surface area (Å²) in [5, 5.41) is 2.31. The van der Waals surface area contributed by atoms with Crippen LogP contribution in [0.4, 0.5) is 0 Å². The minimum absolute atomic E-state index is 0.872. The van der Waals surface area contributed by atoms with Crippen molar-refractivity contribution < 1.29 is 4.74 Å². The zero-order valence-corrected chi connectivity index (χ0v) is 11.1. The molecular formula is C17H15NO. The van der Waals surface area contributed by atoms with Crippen LogP contribution in [-0.4, -0.2) is 12.1 Å². The molecule has 19 heavy (non-hydrogen) atoms. The molecule has 0 aliphatic heterocycles. The number of fused-ring (bicyclic) bond motifs is 1. The van der Waals surface area contributed by atoms with Crippen molar-refractivity contribution in [2.75, 3.05) is 7.11 Å². The molecular weight excluding hydrogens is 234 g/mol. The smallest absolute Gasteiger partial charge is 0.119 e. The second kappa shape index (κ2) is 4.73. The molecule has 3 aromatic rings. The van der Waals surface area contributed by atoms with Crippen LogP contribution in [0.3, 0.4) is 0 Å². The average Bonchev–Trinajstić information content (AvgIpc) is 2.46. The second-order valence-electron chi connectivity index (χ2n) is 4.57. The monoisotopic (exact) mass is 249 g/mol. The largest absolute Gasteiger partial charge is 0.497 e. The van der Waals surface area contributed by atoms with E-state index < -0.39 is 0 Å². The highest BCUT2D eigenvalue weighted by atomic mass is 16.5. The lowest BCUT2D eigenvalue weighted by molar-refractivity contribution is 0.415. The molecule has 2 aromatic carbocycles. The first-order chi connectivity index (χ1) is 9.28. The van der Waals surface area contributed by atoms with Crippen molar-refractivity contribution >= 4 is 10.8 Å². The molecule has 94 valence electrons. The zero-order chi connectivity index (χ0) is 13.2. The maximum Gasteiger partial charge on any atom is 0.119 e. The van der Waals surface area contributed by atoms with Crippen LogP contribution in [0.5, 0.6) is 5.75 Å². The lowest BCUT2D eigenvalue weighted by Crippen LogP contribution is -1.91. The number of pyridine rings is 1. The molecule has 0 aliphatic carbocycles. The quantitative estimate of drug-likeness (QED) is 0.678. The summed E-state index contributed by atoms with van der Waals surface area (Å²) in [7, 11) is 1.69. The Morgan fingerprint density at radius 3 is 2.47 bits per heavy atom. The summed E-state index contributed by atoms with van der Waals surface area (Å²) in [6, 6.07) is 18.5. The van der Waals surface area contributed by atoms with Gasteiger partial charge in [-0.2, -0.15) is 0 Å². The molecule has 1 heterocycles. The van der Waals surface area contributed by atoms with E-state index in [0.29, 0.717) is 0 Å². The van der Waals surface area contributed by atoms with Gasteiger partial charge in [0.2, 0.25) is 0 Å². The molecule has 0 bridgehead atoms. The molecule has 3 rings (SSSR count). The van der Waals surface area contributed by atoms with E-state index >= 15 is 0 Å². The first-order valence-electron chi connectivity index (χ1n) is 6.29. The van der Waals surface area contributed by atoms with Crippen molar-refractivity contribution in [2.45, 2.75) is 6.92 Å². The number of aromatic nitrogens is 1.